The van der Waals surface area contributed by atoms with Gasteiger partial charge in [0, 0.05) is 5.33 Å². The second kappa shape index (κ2) is 10.2. The van der Waals surface area contributed by atoms with Crippen molar-refractivity contribution in [3.05, 3.63) is 48.6 Å². The van der Waals surface area contributed by atoms with E-state index in [1.807, 2.05) is 30.3 Å². The maximum Gasteiger partial charge on any atom is 0.408 e. The van der Waals surface area contributed by atoms with Crippen molar-refractivity contribution in [3.63, 3.8) is 0 Å². The number of hydrogen-bond donors (Lipinski definition) is 1. The normalized spacial score (nSPS) is 13.4. The van der Waals surface area contributed by atoms with E-state index in [2.05, 4.69) is 27.8 Å². The average molecular weight is 412 g/mol. The Morgan fingerprint density at radius 1 is 1.28 bits per heavy atom. The van der Waals surface area contributed by atoms with E-state index in [1.165, 1.54) is 0 Å². The van der Waals surface area contributed by atoms with Crippen LogP contribution in [-0.2, 0) is 20.9 Å². The lowest BCUT2D eigenvalue weighted by atomic mass is 10.0. The van der Waals surface area contributed by atoms with E-state index in [-0.39, 0.29) is 12.5 Å². The largest absolute Gasteiger partial charge is 0.459 e. The number of alkyl carbamates (subject to hydrolysis) is 1. The lowest BCUT2D eigenvalue weighted by Crippen LogP contribution is -2.45. The molecule has 25 heavy (non-hydrogen) atoms. The average Bonchev–Trinajstić information content (AvgIpc) is 2.55. The molecular weight excluding hydrogens is 386 g/mol. The molecule has 0 bridgehead atoms. The minimum atomic E-state index is -0.806. The van der Waals surface area contributed by atoms with Crippen LogP contribution in [0.4, 0.5) is 4.79 Å². The fraction of sp³-hybridized carbons (Fsp3) is 0.474. The van der Waals surface area contributed by atoms with Crippen LogP contribution in [0, 0.1) is 5.92 Å². The maximum atomic E-state index is 12.4. The molecule has 0 saturated carbocycles. The number of carbonyl (C=O) groups is 2. The number of amides is 1. The van der Waals surface area contributed by atoms with Crippen molar-refractivity contribution >= 4 is 28.0 Å². The molecule has 1 amide bonds. The van der Waals surface area contributed by atoms with Crippen LogP contribution >= 0.6 is 15.9 Å². The first kappa shape index (κ1) is 21.2. The van der Waals surface area contributed by atoms with Gasteiger partial charge in [-0.1, -0.05) is 52.3 Å². The lowest BCUT2D eigenvalue weighted by molar-refractivity contribution is -0.147. The molecule has 1 aromatic carbocycles. The van der Waals surface area contributed by atoms with Gasteiger partial charge in [0.25, 0.3) is 0 Å². The number of halogens is 1. The van der Waals surface area contributed by atoms with Crippen molar-refractivity contribution in [3.8, 4) is 0 Å². The Morgan fingerprint density at radius 2 is 1.92 bits per heavy atom. The van der Waals surface area contributed by atoms with E-state index in [0.717, 1.165) is 5.56 Å². The highest BCUT2D eigenvalue weighted by molar-refractivity contribution is 9.09. The van der Waals surface area contributed by atoms with Gasteiger partial charge in [0.15, 0.2) is 0 Å². The Hall–Kier alpha value is -1.82. The van der Waals surface area contributed by atoms with Gasteiger partial charge < -0.3 is 14.8 Å². The van der Waals surface area contributed by atoms with Crippen LogP contribution in [0.5, 0.6) is 0 Å². The van der Waals surface area contributed by atoms with Crippen molar-refractivity contribution < 1.29 is 19.1 Å². The Morgan fingerprint density at radius 3 is 2.44 bits per heavy atom. The van der Waals surface area contributed by atoms with Gasteiger partial charge in [-0.3, -0.25) is 0 Å². The Balaban J connectivity index is 2.72. The lowest BCUT2D eigenvalue weighted by Gasteiger charge is -2.24. The standard InChI is InChI=1S/C19H26BrNO4/c1-5-14(12-20)11-16(21-18(23)25-19(2,3)4)17(22)24-13-15-9-7-6-8-10-15/h5-10,14,16H,1,11-13H2,2-4H3,(H,21,23)/t14-,16+/m1/s1. The van der Waals surface area contributed by atoms with Gasteiger partial charge in [0.1, 0.15) is 18.2 Å². The molecule has 0 aliphatic carbocycles. The van der Waals surface area contributed by atoms with Gasteiger partial charge in [-0.25, -0.2) is 9.59 Å². The first-order valence-electron chi connectivity index (χ1n) is 8.13. The van der Waals surface area contributed by atoms with Crippen molar-refractivity contribution in [1.82, 2.24) is 5.32 Å². The van der Waals surface area contributed by atoms with E-state index in [4.69, 9.17) is 9.47 Å². The van der Waals surface area contributed by atoms with Crippen LogP contribution in [0.25, 0.3) is 0 Å². The van der Waals surface area contributed by atoms with E-state index in [1.54, 1.807) is 26.8 Å². The number of carbonyl (C=O) groups excluding carboxylic acids is 2. The van der Waals surface area contributed by atoms with E-state index in [9.17, 15) is 9.59 Å². The Labute approximate surface area is 157 Å². The molecule has 138 valence electrons. The molecule has 0 heterocycles. The van der Waals surface area contributed by atoms with Gasteiger partial charge in [-0.2, -0.15) is 0 Å². The van der Waals surface area contributed by atoms with Crippen molar-refractivity contribution in [1.29, 1.82) is 0 Å². The number of rotatable bonds is 8. The molecule has 1 rings (SSSR count). The number of alkyl halides is 1. The molecule has 0 aliphatic heterocycles. The second-order valence-electron chi connectivity index (χ2n) is 6.68. The molecule has 0 aliphatic rings. The zero-order valence-corrected chi connectivity index (χ0v) is 16.5. The van der Waals surface area contributed by atoms with Crippen LogP contribution in [0.1, 0.15) is 32.8 Å². The summed E-state index contributed by atoms with van der Waals surface area (Å²) in [5, 5.41) is 3.24. The third-order valence-electron chi connectivity index (χ3n) is 3.27. The van der Waals surface area contributed by atoms with Crippen molar-refractivity contribution in [2.75, 3.05) is 5.33 Å². The Bertz CT molecular complexity index is 569. The minimum Gasteiger partial charge on any atom is -0.459 e. The third-order valence-corrected chi connectivity index (χ3v) is 4.10. The molecule has 5 nitrogen and oxygen atoms in total. The summed E-state index contributed by atoms with van der Waals surface area (Å²) in [5.74, 6) is -0.480. The van der Waals surface area contributed by atoms with E-state index < -0.39 is 23.7 Å². The summed E-state index contributed by atoms with van der Waals surface area (Å²) >= 11 is 3.38. The summed E-state index contributed by atoms with van der Waals surface area (Å²) in [7, 11) is 0. The molecule has 0 unspecified atom stereocenters. The highest BCUT2D eigenvalue weighted by Gasteiger charge is 2.27. The summed E-state index contributed by atoms with van der Waals surface area (Å²) in [6.45, 7) is 9.20. The van der Waals surface area contributed by atoms with Crippen LogP contribution in [0.3, 0.4) is 0 Å². The fourth-order valence-corrected chi connectivity index (χ4v) is 2.55. The first-order chi connectivity index (χ1) is 11.7. The van der Waals surface area contributed by atoms with Gasteiger partial charge in [0.2, 0.25) is 0 Å². The SMILES string of the molecule is C=C[C@@H](CBr)C[C@H](NC(=O)OC(C)(C)C)C(=O)OCc1ccccc1. The molecule has 0 fully saturated rings. The summed E-state index contributed by atoms with van der Waals surface area (Å²) < 4.78 is 10.6. The number of allylic oxidation sites excluding steroid dienone is 1. The smallest absolute Gasteiger partial charge is 0.408 e. The van der Waals surface area contributed by atoms with Crippen LogP contribution in [0.15, 0.2) is 43.0 Å². The maximum absolute atomic E-state index is 12.4. The number of benzene rings is 1. The van der Waals surface area contributed by atoms with Crippen LogP contribution in [0.2, 0.25) is 0 Å². The van der Waals surface area contributed by atoms with Gasteiger partial charge in [-0.15, -0.1) is 6.58 Å². The monoisotopic (exact) mass is 411 g/mol. The molecular formula is C19H26BrNO4. The first-order valence-corrected chi connectivity index (χ1v) is 9.26. The van der Waals surface area contributed by atoms with Crippen molar-refractivity contribution in [2.45, 2.75) is 45.4 Å². The molecule has 0 aromatic heterocycles. The number of ether oxygens (including phenoxy) is 2. The number of esters is 1. The third kappa shape index (κ3) is 8.72. The van der Waals surface area contributed by atoms with Crippen LogP contribution in [-0.4, -0.2) is 29.0 Å². The topological polar surface area (TPSA) is 64.6 Å². The molecule has 0 saturated heterocycles. The zero-order valence-electron chi connectivity index (χ0n) is 15.0. The predicted octanol–water partition coefficient (Wildman–Crippen LogP) is 4.21. The Kier molecular flexibility index (Phi) is 8.69. The molecule has 0 radical (unpaired) electrons. The summed E-state index contributed by atoms with van der Waals surface area (Å²) in [4.78, 5) is 24.5. The summed E-state index contributed by atoms with van der Waals surface area (Å²) in [6, 6.07) is 8.57. The fourth-order valence-electron chi connectivity index (χ4n) is 2.02. The van der Waals surface area contributed by atoms with Gasteiger partial charge >= 0.3 is 12.1 Å². The predicted molar refractivity (Wildman–Crippen MR) is 101 cm³/mol. The summed E-state index contributed by atoms with van der Waals surface area (Å²) in [6.07, 6.45) is 1.47. The second-order valence-corrected chi connectivity index (χ2v) is 7.33. The van der Waals surface area contributed by atoms with Crippen LogP contribution < -0.4 is 5.32 Å². The van der Waals surface area contributed by atoms with E-state index >= 15 is 0 Å². The summed E-state index contributed by atoms with van der Waals surface area (Å²) in [5.41, 5.74) is 0.239. The van der Waals surface area contributed by atoms with Gasteiger partial charge in [-0.05, 0) is 38.7 Å². The minimum absolute atomic E-state index is 0.0178. The van der Waals surface area contributed by atoms with Gasteiger partial charge in [0.05, 0.1) is 0 Å². The zero-order chi connectivity index (χ0) is 18.9. The number of hydrogen-bond acceptors (Lipinski definition) is 4. The van der Waals surface area contributed by atoms with Crippen molar-refractivity contribution in [2.24, 2.45) is 5.92 Å². The molecule has 0 spiro atoms. The van der Waals surface area contributed by atoms with E-state index in [0.29, 0.717) is 11.8 Å². The quantitative estimate of drug-likeness (QED) is 0.395. The molecule has 2 atom stereocenters. The molecule has 6 heteroatoms. The highest BCUT2D eigenvalue weighted by atomic mass is 79.9. The molecule has 1 N–H and O–H groups in total. The molecule has 1 aromatic rings. The highest BCUT2D eigenvalue weighted by Crippen LogP contribution is 2.14. The number of nitrogens with one attached hydrogen (secondary N) is 1.